The van der Waals surface area contributed by atoms with Crippen molar-refractivity contribution in [2.24, 2.45) is 0 Å². The molecule has 4 nitrogen and oxygen atoms in total. The second kappa shape index (κ2) is 5.54. The summed E-state index contributed by atoms with van der Waals surface area (Å²) in [6.07, 6.45) is 0. The number of halogens is 2. The van der Waals surface area contributed by atoms with Gasteiger partial charge in [0.05, 0.1) is 12.8 Å². The van der Waals surface area contributed by atoms with Crippen LogP contribution < -0.4 is 10.1 Å². The van der Waals surface area contributed by atoms with Crippen LogP contribution in [0.2, 0.25) is 5.15 Å². The van der Waals surface area contributed by atoms with Crippen LogP contribution in [0, 0.1) is 5.82 Å². The van der Waals surface area contributed by atoms with E-state index in [4.69, 9.17) is 16.3 Å². The lowest BCUT2D eigenvalue weighted by molar-refractivity contribution is 0.413. The molecule has 1 N–H and O–H groups in total. The standard InChI is InChI=1S/C15H11ClFN3O/c1-21-13-8-9(17)6-7-12(13)18-15-11-5-3-2-4-10(11)14(16)19-20-15/h2-8H,1H3,(H,18,20). The molecule has 0 fully saturated rings. The SMILES string of the molecule is COc1cc(F)ccc1Nc1nnc(Cl)c2ccccc12. The summed E-state index contributed by atoms with van der Waals surface area (Å²) >= 11 is 6.04. The Kier molecular flexibility index (Phi) is 3.58. The highest BCUT2D eigenvalue weighted by atomic mass is 35.5. The minimum Gasteiger partial charge on any atom is -0.494 e. The van der Waals surface area contributed by atoms with Crippen molar-refractivity contribution in [3.63, 3.8) is 0 Å². The number of hydrogen-bond acceptors (Lipinski definition) is 4. The van der Waals surface area contributed by atoms with Gasteiger partial charge in [0, 0.05) is 16.8 Å². The molecule has 0 radical (unpaired) electrons. The summed E-state index contributed by atoms with van der Waals surface area (Å²) < 4.78 is 18.4. The lowest BCUT2D eigenvalue weighted by Crippen LogP contribution is -2.00. The third-order valence-corrected chi connectivity index (χ3v) is 3.34. The highest BCUT2D eigenvalue weighted by Gasteiger charge is 2.10. The minimum absolute atomic E-state index is 0.335. The van der Waals surface area contributed by atoms with E-state index in [1.54, 1.807) is 6.07 Å². The molecule has 1 aromatic heterocycles. The fraction of sp³-hybridized carbons (Fsp3) is 0.0667. The number of methoxy groups -OCH3 is 1. The van der Waals surface area contributed by atoms with Gasteiger partial charge in [0.2, 0.25) is 0 Å². The second-order valence-corrected chi connectivity index (χ2v) is 4.71. The maximum absolute atomic E-state index is 13.2. The van der Waals surface area contributed by atoms with E-state index in [9.17, 15) is 4.39 Å². The summed E-state index contributed by atoms with van der Waals surface area (Å²) in [6, 6.07) is 11.7. The van der Waals surface area contributed by atoms with Crippen LogP contribution in [0.3, 0.4) is 0 Å². The van der Waals surface area contributed by atoms with E-state index in [0.29, 0.717) is 22.4 Å². The van der Waals surface area contributed by atoms with E-state index in [0.717, 1.165) is 10.8 Å². The number of hydrogen-bond donors (Lipinski definition) is 1. The first-order valence-electron chi connectivity index (χ1n) is 6.20. The quantitative estimate of drug-likeness (QED) is 0.788. The summed E-state index contributed by atoms with van der Waals surface area (Å²) in [7, 11) is 1.48. The molecule has 21 heavy (non-hydrogen) atoms. The summed E-state index contributed by atoms with van der Waals surface area (Å²) in [6.45, 7) is 0. The van der Waals surface area contributed by atoms with E-state index < -0.39 is 0 Å². The number of anilines is 2. The van der Waals surface area contributed by atoms with Crippen LogP contribution in [0.15, 0.2) is 42.5 Å². The molecule has 0 spiro atoms. The molecule has 0 aliphatic rings. The summed E-state index contributed by atoms with van der Waals surface area (Å²) in [4.78, 5) is 0. The average molecular weight is 304 g/mol. The van der Waals surface area contributed by atoms with Gasteiger partial charge in [0.1, 0.15) is 11.6 Å². The van der Waals surface area contributed by atoms with E-state index in [2.05, 4.69) is 15.5 Å². The summed E-state index contributed by atoms with van der Waals surface area (Å²) in [5.74, 6) is 0.542. The van der Waals surface area contributed by atoms with E-state index >= 15 is 0 Å². The van der Waals surface area contributed by atoms with Gasteiger partial charge < -0.3 is 10.1 Å². The van der Waals surface area contributed by atoms with E-state index in [-0.39, 0.29) is 5.82 Å². The average Bonchev–Trinajstić information content (AvgIpc) is 2.52. The first-order chi connectivity index (χ1) is 10.2. The summed E-state index contributed by atoms with van der Waals surface area (Å²) in [5.41, 5.74) is 0.598. The van der Waals surface area contributed by atoms with Crippen molar-refractivity contribution < 1.29 is 9.13 Å². The largest absolute Gasteiger partial charge is 0.494 e. The Morgan fingerprint density at radius 1 is 1.10 bits per heavy atom. The zero-order valence-corrected chi connectivity index (χ0v) is 11.9. The van der Waals surface area contributed by atoms with Crippen LogP contribution in [0.4, 0.5) is 15.9 Å². The molecular weight excluding hydrogens is 293 g/mol. The fourth-order valence-electron chi connectivity index (χ4n) is 2.06. The highest BCUT2D eigenvalue weighted by Crippen LogP contribution is 2.31. The molecule has 3 aromatic rings. The smallest absolute Gasteiger partial charge is 0.161 e. The monoisotopic (exact) mass is 303 g/mol. The van der Waals surface area contributed by atoms with Gasteiger partial charge in [-0.05, 0) is 12.1 Å². The number of aromatic nitrogens is 2. The Hall–Kier alpha value is -2.40. The fourth-order valence-corrected chi connectivity index (χ4v) is 2.26. The predicted octanol–water partition coefficient (Wildman–Crippen LogP) is 4.17. The second-order valence-electron chi connectivity index (χ2n) is 4.35. The molecule has 6 heteroatoms. The minimum atomic E-state index is -0.371. The molecule has 0 saturated heterocycles. The van der Waals surface area contributed by atoms with Crippen molar-refractivity contribution in [1.82, 2.24) is 10.2 Å². The highest BCUT2D eigenvalue weighted by molar-refractivity contribution is 6.34. The van der Waals surface area contributed by atoms with Crippen LogP contribution >= 0.6 is 11.6 Å². The Morgan fingerprint density at radius 2 is 1.86 bits per heavy atom. The van der Waals surface area contributed by atoms with Crippen molar-refractivity contribution in [3.8, 4) is 5.75 Å². The molecule has 1 heterocycles. The van der Waals surface area contributed by atoms with Crippen LogP contribution in [-0.4, -0.2) is 17.3 Å². The number of nitrogens with zero attached hydrogens (tertiary/aromatic N) is 2. The molecule has 0 bridgehead atoms. The van der Waals surface area contributed by atoms with E-state index in [1.807, 2.05) is 24.3 Å². The first kappa shape index (κ1) is 13.6. The van der Waals surface area contributed by atoms with Crippen LogP contribution in [-0.2, 0) is 0 Å². The van der Waals surface area contributed by atoms with Crippen molar-refractivity contribution in [3.05, 3.63) is 53.4 Å². The lowest BCUT2D eigenvalue weighted by atomic mass is 10.2. The molecule has 0 saturated carbocycles. The third-order valence-electron chi connectivity index (χ3n) is 3.06. The molecule has 2 aromatic carbocycles. The van der Waals surface area contributed by atoms with Crippen LogP contribution in [0.5, 0.6) is 5.75 Å². The van der Waals surface area contributed by atoms with Gasteiger partial charge in [-0.15, -0.1) is 10.2 Å². The van der Waals surface area contributed by atoms with Crippen molar-refractivity contribution in [2.75, 3.05) is 12.4 Å². The molecule has 0 atom stereocenters. The van der Waals surface area contributed by atoms with Gasteiger partial charge in [0.15, 0.2) is 11.0 Å². The normalized spacial score (nSPS) is 10.6. The van der Waals surface area contributed by atoms with Crippen molar-refractivity contribution in [1.29, 1.82) is 0 Å². The Morgan fingerprint density at radius 3 is 2.62 bits per heavy atom. The maximum atomic E-state index is 13.2. The zero-order chi connectivity index (χ0) is 14.8. The molecular formula is C15H11ClFN3O. The maximum Gasteiger partial charge on any atom is 0.161 e. The first-order valence-corrected chi connectivity index (χ1v) is 6.58. The van der Waals surface area contributed by atoms with Crippen LogP contribution in [0.1, 0.15) is 0 Å². The van der Waals surface area contributed by atoms with Crippen LogP contribution in [0.25, 0.3) is 10.8 Å². The predicted molar refractivity (Wildman–Crippen MR) is 80.8 cm³/mol. The van der Waals surface area contributed by atoms with Gasteiger partial charge in [-0.2, -0.15) is 0 Å². The summed E-state index contributed by atoms with van der Waals surface area (Å²) in [5, 5.41) is 13.0. The topological polar surface area (TPSA) is 47.0 Å². The molecule has 0 unspecified atom stereocenters. The zero-order valence-electron chi connectivity index (χ0n) is 11.1. The number of ether oxygens (including phenoxy) is 1. The number of nitrogens with one attached hydrogen (secondary N) is 1. The van der Waals surface area contributed by atoms with E-state index in [1.165, 1.54) is 19.2 Å². The van der Waals surface area contributed by atoms with Crippen molar-refractivity contribution >= 4 is 33.9 Å². The number of fused-ring (bicyclic) bond motifs is 1. The molecule has 0 aliphatic carbocycles. The Labute approximate surface area is 125 Å². The van der Waals surface area contributed by atoms with Gasteiger partial charge in [-0.25, -0.2) is 4.39 Å². The number of rotatable bonds is 3. The van der Waals surface area contributed by atoms with Gasteiger partial charge >= 0.3 is 0 Å². The van der Waals surface area contributed by atoms with Gasteiger partial charge in [-0.3, -0.25) is 0 Å². The van der Waals surface area contributed by atoms with Gasteiger partial charge in [-0.1, -0.05) is 35.9 Å². The third kappa shape index (κ3) is 2.60. The lowest BCUT2D eigenvalue weighted by Gasteiger charge is -2.12. The molecule has 3 rings (SSSR count). The van der Waals surface area contributed by atoms with Crippen molar-refractivity contribution in [2.45, 2.75) is 0 Å². The number of benzene rings is 2. The molecule has 0 aliphatic heterocycles. The molecule has 0 amide bonds. The van der Waals surface area contributed by atoms with Gasteiger partial charge in [0.25, 0.3) is 0 Å². The Bertz CT molecular complexity index is 810. The Balaban J connectivity index is 2.09. The molecule has 106 valence electrons.